The Morgan fingerprint density at radius 1 is 1.20 bits per heavy atom. The topological polar surface area (TPSA) is 67.9 Å². The number of hydrogen-bond donors (Lipinski definition) is 1. The van der Waals surface area contributed by atoms with Gasteiger partial charge in [-0.3, -0.25) is 9.59 Å². The van der Waals surface area contributed by atoms with Crippen molar-refractivity contribution in [1.82, 2.24) is 4.90 Å². The zero-order valence-corrected chi connectivity index (χ0v) is 16.1. The quantitative estimate of drug-likeness (QED) is 0.685. The first-order valence-corrected chi connectivity index (χ1v) is 8.97. The minimum atomic E-state index is -0.494. The average Bonchev–Trinajstić information content (AvgIpc) is 2.59. The molecule has 0 aliphatic heterocycles. The van der Waals surface area contributed by atoms with Gasteiger partial charge in [-0.25, -0.2) is 0 Å². The molecule has 1 unspecified atom stereocenters. The normalized spacial score (nSPS) is 11.7. The molecule has 0 heterocycles. The van der Waals surface area contributed by atoms with Gasteiger partial charge in [-0.15, -0.1) is 0 Å². The summed E-state index contributed by atoms with van der Waals surface area (Å²) in [6.45, 7) is 9.23. The molecule has 0 saturated heterocycles. The van der Waals surface area contributed by atoms with Crippen molar-refractivity contribution < 1.29 is 19.1 Å². The predicted molar refractivity (Wildman–Crippen MR) is 99.2 cm³/mol. The van der Waals surface area contributed by atoms with Crippen LogP contribution in [0.5, 0.6) is 5.75 Å². The second kappa shape index (κ2) is 10.9. The Labute approximate surface area is 154 Å². The lowest BCUT2D eigenvalue weighted by molar-refractivity contribution is -0.133. The summed E-state index contributed by atoms with van der Waals surface area (Å²) in [5.41, 5.74) is 0.551. The molecular weight excluding hydrogens is 344 g/mol. The van der Waals surface area contributed by atoms with Gasteiger partial charge in [-0.2, -0.15) is 0 Å². The molecule has 7 heteroatoms. The molecule has 140 valence electrons. The van der Waals surface area contributed by atoms with Gasteiger partial charge in [-0.1, -0.05) is 18.5 Å². The van der Waals surface area contributed by atoms with Crippen molar-refractivity contribution in [2.75, 3.05) is 31.6 Å². The van der Waals surface area contributed by atoms with Gasteiger partial charge in [0.1, 0.15) is 11.9 Å². The number of carbonyl (C=O) groups is 2. The van der Waals surface area contributed by atoms with Crippen LogP contribution in [0.1, 0.15) is 34.1 Å². The lowest BCUT2D eigenvalue weighted by atomic mass is 10.2. The van der Waals surface area contributed by atoms with Crippen LogP contribution >= 0.6 is 11.6 Å². The number of ether oxygens (including phenoxy) is 2. The van der Waals surface area contributed by atoms with Crippen LogP contribution in [0, 0.1) is 0 Å². The fourth-order valence-electron chi connectivity index (χ4n) is 2.31. The summed E-state index contributed by atoms with van der Waals surface area (Å²) < 4.78 is 10.9. The van der Waals surface area contributed by atoms with Gasteiger partial charge in [0, 0.05) is 25.4 Å². The minimum Gasteiger partial charge on any atom is -0.482 e. The molecule has 0 aliphatic carbocycles. The largest absolute Gasteiger partial charge is 0.482 e. The molecule has 0 saturated carbocycles. The summed E-state index contributed by atoms with van der Waals surface area (Å²) in [5.74, 6) is 0.0868. The van der Waals surface area contributed by atoms with Crippen LogP contribution in [0.3, 0.4) is 0 Å². The summed E-state index contributed by atoms with van der Waals surface area (Å²) in [6, 6.07) is 4.91. The number of halogens is 1. The van der Waals surface area contributed by atoms with E-state index in [4.69, 9.17) is 21.1 Å². The SMILES string of the molecule is CCOC(CC)C(=O)Nc1ccc(OCC(=O)N(CC)CC)c(Cl)c1. The number of carbonyl (C=O) groups excluding carboxylic acids is 2. The van der Waals surface area contributed by atoms with E-state index in [0.29, 0.717) is 42.6 Å². The number of likely N-dealkylation sites (N-methyl/N-ethyl adjacent to an activating group) is 1. The Morgan fingerprint density at radius 3 is 2.40 bits per heavy atom. The van der Waals surface area contributed by atoms with Crippen molar-refractivity contribution in [1.29, 1.82) is 0 Å². The van der Waals surface area contributed by atoms with E-state index in [2.05, 4.69) is 5.32 Å². The second-order valence-corrected chi connectivity index (χ2v) is 5.75. The maximum Gasteiger partial charge on any atom is 0.260 e. The number of rotatable bonds is 10. The van der Waals surface area contributed by atoms with Crippen LogP contribution in [-0.4, -0.2) is 49.1 Å². The lowest BCUT2D eigenvalue weighted by Crippen LogP contribution is -2.34. The third kappa shape index (κ3) is 6.55. The Hall–Kier alpha value is -1.79. The highest BCUT2D eigenvalue weighted by atomic mass is 35.5. The third-order valence-electron chi connectivity index (χ3n) is 3.70. The van der Waals surface area contributed by atoms with E-state index in [9.17, 15) is 9.59 Å². The molecule has 0 radical (unpaired) electrons. The highest BCUT2D eigenvalue weighted by molar-refractivity contribution is 6.32. The van der Waals surface area contributed by atoms with E-state index in [0.717, 1.165) is 0 Å². The highest BCUT2D eigenvalue weighted by Crippen LogP contribution is 2.28. The zero-order chi connectivity index (χ0) is 18.8. The van der Waals surface area contributed by atoms with Crippen molar-refractivity contribution in [2.24, 2.45) is 0 Å². The number of amides is 2. The van der Waals surface area contributed by atoms with Crippen LogP contribution in [0.15, 0.2) is 18.2 Å². The van der Waals surface area contributed by atoms with Crippen LogP contribution in [-0.2, 0) is 14.3 Å². The third-order valence-corrected chi connectivity index (χ3v) is 3.99. The molecule has 6 nitrogen and oxygen atoms in total. The molecule has 0 aliphatic rings. The van der Waals surface area contributed by atoms with E-state index in [1.165, 1.54) is 0 Å². The first-order valence-electron chi connectivity index (χ1n) is 8.59. The van der Waals surface area contributed by atoms with E-state index in [-0.39, 0.29) is 18.4 Å². The van der Waals surface area contributed by atoms with E-state index in [1.54, 1.807) is 23.1 Å². The van der Waals surface area contributed by atoms with Gasteiger partial charge in [-0.05, 0) is 45.4 Å². The second-order valence-electron chi connectivity index (χ2n) is 5.34. The van der Waals surface area contributed by atoms with Crippen molar-refractivity contribution in [3.05, 3.63) is 23.2 Å². The monoisotopic (exact) mass is 370 g/mol. The average molecular weight is 371 g/mol. The lowest BCUT2D eigenvalue weighted by Gasteiger charge is -2.19. The Bertz CT molecular complexity index is 576. The number of benzene rings is 1. The maximum absolute atomic E-state index is 12.1. The van der Waals surface area contributed by atoms with Gasteiger partial charge in [0.25, 0.3) is 11.8 Å². The van der Waals surface area contributed by atoms with Crippen molar-refractivity contribution >= 4 is 29.1 Å². The summed E-state index contributed by atoms with van der Waals surface area (Å²) in [7, 11) is 0. The molecule has 1 aromatic carbocycles. The Kier molecular flexibility index (Phi) is 9.31. The van der Waals surface area contributed by atoms with Gasteiger partial charge in [0.2, 0.25) is 0 Å². The number of nitrogens with zero attached hydrogens (tertiary/aromatic N) is 1. The predicted octanol–water partition coefficient (Wildman–Crippen LogP) is 3.34. The van der Waals surface area contributed by atoms with E-state index in [1.807, 2.05) is 27.7 Å². The first-order chi connectivity index (χ1) is 12.0. The fraction of sp³-hybridized carbons (Fsp3) is 0.556. The molecular formula is C18H27ClN2O4. The molecule has 1 N–H and O–H groups in total. The van der Waals surface area contributed by atoms with Gasteiger partial charge in [0.05, 0.1) is 5.02 Å². The van der Waals surface area contributed by atoms with Crippen molar-refractivity contribution in [3.63, 3.8) is 0 Å². The summed E-state index contributed by atoms with van der Waals surface area (Å²) in [6.07, 6.45) is 0.0913. The maximum atomic E-state index is 12.1. The van der Waals surface area contributed by atoms with Crippen LogP contribution in [0.2, 0.25) is 5.02 Å². The number of nitrogens with one attached hydrogen (secondary N) is 1. The Balaban J connectivity index is 2.67. The molecule has 0 bridgehead atoms. The molecule has 2 amide bonds. The van der Waals surface area contributed by atoms with Crippen molar-refractivity contribution in [3.8, 4) is 5.75 Å². The molecule has 0 aromatic heterocycles. The Morgan fingerprint density at radius 2 is 1.88 bits per heavy atom. The van der Waals surface area contributed by atoms with E-state index < -0.39 is 6.10 Å². The van der Waals surface area contributed by atoms with Crippen LogP contribution in [0.25, 0.3) is 0 Å². The standard InChI is InChI=1S/C18H27ClN2O4/c1-5-15(24-8-4)18(23)20-13-9-10-16(14(19)11-13)25-12-17(22)21(6-2)7-3/h9-11,15H,5-8,12H2,1-4H3,(H,20,23). The van der Waals surface area contributed by atoms with Crippen LogP contribution in [0.4, 0.5) is 5.69 Å². The molecule has 0 spiro atoms. The minimum absolute atomic E-state index is 0.0741. The summed E-state index contributed by atoms with van der Waals surface area (Å²) in [5, 5.41) is 3.10. The highest BCUT2D eigenvalue weighted by Gasteiger charge is 2.17. The first kappa shape index (κ1) is 21.3. The molecule has 1 rings (SSSR count). The van der Waals surface area contributed by atoms with Crippen LogP contribution < -0.4 is 10.1 Å². The molecule has 25 heavy (non-hydrogen) atoms. The van der Waals surface area contributed by atoms with Gasteiger partial charge >= 0.3 is 0 Å². The number of anilines is 1. The number of hydrogen-bond acceptors (Lipinski definition) is 4. The molecule has 1 atom stereocenters. The van der Waals surface area contributed by atoms with Gasteiger partial charge in [0.15, 0.2) is 6.61 Å². The fourth-order valence-corrected chi connectivity index (χ4v) is 2.54. The smallest absolute Gasteiger partial charge is 0.260 e. The zero-order valence-electron chi connectivity index (χ0n) is 15.3. The molecule has 0 fully saturated rings. The summed E-state index contributed by atoms with van der Waals surface area (Å²) in [4.78, 5) is 25.8. The van der Waals surface area contributed by atoms with Crippen molar-refractivity contribution in [2.45, 2.75) is 40.2 Å². The van der Waals surface area contributed by atoms with E-state index >= 15 is 0 Å². The molecule has 1 aromatic rings. The van der Waals surface area contributed by atoms with Gasteiger partial charge < -0.3 is 19.7 Å². The summed E-state index contributed by atoms with van der Waals surface area (Å²) >= 11 is 6.19.